The second-order valence-electron chi connectivity index (χ2n) is 6.41. The number of aromatic nitrogens is 1. The molecule has 3 rings (SSSR count). The zero-order valence-electron chi connectivity index (χ0n) is 14.6. The van der Waals surface area contributed by atoms with Gasteiger partial charge >= 0.3 is 0 Å². The van der Waals surface area contributed by atoms with Crippen molar-refractivity contribution >= 4 is 11.7 Å². The Morgan fingerprint density at radius 1 is 1.25 bits per heavy atom. The van der Waals surface area contributed by atoms with E-state index >= 15 is 0 Å². The molecule has 0 aliphatic carbocycles. The maximum Gasteiger partial charge on any atom is 0.240 e. The predicted molar refractivity (Wildman–Crippen MR) is 91.4 cm³/mol. The van der Waals surface area contributed by atoms with Gasteiger partial charge in [0.05, 0.1) is 19.3 Å². The van der Waals surface area contributed by atoms with Crippen LogP contribution in [0.2, 0.25) is 0 Å². The first-order chi connectivity index (χ1) is 11.6. The molecule has 2 fully saturated rings. The van der Waals surface area contributed by atoms with Crippen molar-refractivity contribution in [1.29, 1.82) is 0 Å². The summed E-state index contributed by atoms with van der Waals surface area (Å²) in [4.78, 5) is 23.5. The molecule has 7 heteroatoms. The Morgan fingerprint density at radius 3 is 2.62 bits per heavy atom. The summed E-state index contributed by atoms with van der Waals surface area (Å²) < 4.78 is 10.7. The Kier molecular flexibility index (Phi) is 5.20. The Hall–Kier alpha value is -1.86. The van der Waals surface area contributed by atoms with Gasteiger partial charge in [0, 0.05) is 52.1 Å². The van der Waals surface area contributed by atoms with Gasteiger partial charge in [0.15, 0.2) is 0 Å². The SMILES string of the molecule is COc1ccnc(N2CCN(C(=O)[C@@H]3C[C@H](OC)CN3C)CC2)c1. The number of carbonyl (C=O) groups is 1. The number of pyridine rings is 1. The van der Waals surface area contributed by atoms with Crippen LogP contribution in [0.1, 0.15) is 6.42 Å². The van der Waals surface area contributed by atoms with Crippen LogP contribution in [0.15, 0.2) is 18.3 Å². The van der Waals surface area contributed by atoms with Crippen molar-refractivity contribution in [3.63, 3.8) is 0 Å². The number of amides is 1. The van der Waals surface area contributed by atoms with E-state index in [9.17, 15) is 4.79 Å². The number of anilines is 1. The number of hydrogen-bond acceptors (Lipinski definition) is 6. The first kappa shape index (κ1) is 17.0. The number of rotatable bonds is 4. The lowest BCUT2D eigenvalue weighted by Crippen LogP contribution is -2.53. The number of likely N-dealkylation sites (tertiary alicyclic amines) is 1. The van der Waals surface area contributed by atoms with Crippen LogP contribution in [-0.2, 0) is 9.53 Å². The minimum absolute atomic E-state index is 0.0588. The Morgan fingerprint density at radius 2 is 2.00 bits per heavy atom. The van der Waals surface area contributed by atoms with Crippen molar-refractivity contribution < 1.29 is 14.3 Å². The lowest BCUT2D eigenvalue weighted by molar-refractivity contribution is -0.135. The van der Waals surface area contributed by atoms with Crippen LogP contribution in [-0.4, -0.2) is 86.8 Å². The summed E-state index contributed by atoms with van der Waals surface area (Å²) in [7, 11) is 5.37. The molecule has 0 spiro atoms. The van der Waals surface area contributed by atoms with Crippen molar-refractivity contribution in [3.8, 4) is 5.75 Å². The zero-order chi connectivity index (χ0) is 17.1. The number of ether oxygens (including phenoxy) is 2. The van der Waals surface area contributed by atoms with Gasteiger partial charge in [0.25, 0.3) is 0 Å². The standard InChI is InChI=1S/C17H26N4O3/c1-19-12-14(24-3)10-15(19)17(22)21-8-6-20(7-9-21)16-11-13(23-2)4-5-18-16/h4-5,11,14-15H,6-10,12H2,1-3H3/t14-,15-/m0/s1. The van der Waals surface area contributed by atoms with E-state index in [2.05, 4.69) is 14.8 Å². The quantitative estimate of drug-likeness (QED) is 0.797. The molecule has 2 aliphatic heterocycles. The molecule has 0 radical (unpaired) electrons. The summed E-state index contributed by atoms with van der Waals surface area (Å²) >= 11 is 0. The summed E-state index contributed by atoms with van der Waals surface area (Å²) in [6.07, 6.45) is 2.69. The van der Waals surface area contributed by atoms with E-state index in [4.69, 9.17) is 9.47 Å². The summed E-state index contributed by atoms with van der Waals surface area (Å²) in [6.45, 7) is 3.84. The van der Waals surface area contributed by atoms with Crippen LogP contribution in [0.25, 0.3) is 0 Å². The molecule has 1 aromatic heterocycles. The van der Waals surface area contributed by atoms with Crippen LogP contribution in [0.5, 0.6) is 5.75 Å². The fourth-order valence-electron chi connectivity index (χ4n) is 3.48. The van der Waals surface area contributed by atoms with Gasteiger partial charge in [-0.25, -0.2) is 4.98 Å². The van der Waals surface area contributed by atoms with E-state index in [1.807, 2.05) is 24.1 Å². The molecule has 7 nitrogen and oxygen atoms in total. The van der Waals surface area contributed by atoms with Gasteiger partial charge in [-0.1, -0.05) is 0 Å². The van der Waals surface area contributed by atoms with Crippen LogP contribution in [0, 0.1) is 0 Å². The van der Waals surface area contributed by atoms with Gasteiger partial charge in [-0.2, -0.15) is 0 Å². The molecule has 2 atom stereocenters. The number of piperazine rings is 1. The zero-order valence-corrected chi connectivity index (χ0v) is 14.6. The Labute approximate surface area is 143 Å². The van der Waals surface area contributed by atoms with Gasteiger partial charge in [-0.05, 0) is 19.5 Å². The highest BCUT2D eigenvalue weighted by molar-refractivity contribution is 5.82. The van der Waals surface area contributed by atoms with Crippen molar-refractivity contribution in [1.82, 2.24) is 14.8 Å². The summed E-state index contributed by atoms with van der Waals surface area (Å²) in [5.41, 5.74) is 0. The molecule has 3 heterocycles. The number of hydrogen-bond donors (Lipinski definition) is 0. The third-order valence-electron chi connectivity index (χ3n) is 5.00. The molecule has 0 aromatic carbocycles. The monoisotopic (exact) mass is 334 g/mol. The van der Waals surface area contributed by atoms with Crippen LogP contribution in [0.4, 0.5) is 5.82 Å². The molecule has 0 unspecified atom stereocenters. The van der Waals surface area contributed by atoms with Gasteiger partial charge in [-0.15, -0.1) is 0 Å². The minimum Gasteiger partial charge on any atom is -0.497 e. The summed E-state index contributed by atoms with van der Waals surface area (Å²) in [5, 5.41) is 0. The Balaban J connectivity index is 1.57. The summed E-state index contributed by atoms with van der Waals surface area (Å²) in [5.74, 6) is 1.92. The molecule has 2 aliphatic rings. The topological polar surface area (TPSA) is 58.1 Å². The number of likely N-dealkylation sites (N-methyl/N-ethyl adjacent to an activating group) is 1. The average molecular weight is 334 g/mol. The van der Waals surface area contributed by atoms with Crippen molar-refractivity contribution in [2.75, 3.05) is 58.9 Å². The molecule has 132 valence electrons. The third kappa shape index (κ3) is 3.47. The molecule has 1 aromatic rings. The van der Waals surface area contributed by atoms with E-state index in [1.54, 1.807) is 20.4 Å². The fraction of sp³-hybridized carbons (Fsp3) is 0.647. The second-order valence-corrected chi connectivity index (χ2v) is 6.41. The smallest absolute Gasteiger partial charge is 0.240 e. The minimum atomic E-state index is -0.0588. The number of nitrogens with zero attached hydrogens (tertiary/aromatic N) is 4. The van der Waals surface area contributed by atoms with E-state index in [-0.39, 0.29) is 18.1 Å². The predicted octanol–water partition coefficient (Wildman–Crippen LogP) is 0.458. The van der Waals surface area contributed by atoms with Gasteiger partial charge < -0.3 is 19.3 Å². The maximum absolute atomic E-state index is 12.8. The van der Waals surface area contributed by atoms with Crippen LogP contribution >= 0.6 is 0 Å². The first-order valence-electron chi connectivity index (χ1n) is 8.39. The average Bonchev–Trinajstić information content (AvgIpc) is 3.02. The van der Waals surface area contributed by atoms with Crippen molar-refractivity contribution in [2.45, 2.75) is 18.6 Å². The largest absolute Gasteiger partial charge is 0.497 e. The highest BCUT2D eigenvalue weighted by atomic mass is 16.5. The molecular weight excluding hydrogens is 308 g/mol. The van der Waals surface area contributed by atoms with E-state index in [0.717, 1.165) is 50.7 Å². The summed E-state index contributed by atoms with van der Waals surface area (Å²) in [6, 6.07) is 3.72. The molecule has 1 amide bonds. The van der Waals surface area contributed by atoms with Gasteiger partial charge in [0.1, 0.15) is 11.6 Å². The van der Waals surface area contributed by atoms with E-state index in [0.29, 0.717) is 0 Å². The van der Waals surface area contributed by atoms with Gasteiger partial charge in [0.2, 0.25) is 5.91 Å². The normalized spacial score (nSPS) is 25.1. The molecule has 2 saturated heterocycles. The lowest BCUT2D eigenvalue weighted by Gasteiger charge is -2.37. The molecule has 0 bridgehead atoms. The van der Waals surface area contributed by atoms with E-state index < -0.39 is 0 Å². The fourth-order valence-corrected chi connectivity index (χ4v) is 3.48. The van der Waals surface area contributed by atoms with Gasteiger partial charge in [-0.3, -0.25) is 9.69 Å². The van der Waals surface area contributed by atoms with Crippen LogP contribution in [0.3, 0.4) is 0 Å². The van der Waals surface area contributed by atoms with E-state index in [1.165, 1.54) is 0 Å². The highest BCUT2D eigenvalue weighted by Gasteiger charge is 2.37. The van der Waals surface area contributed by atoms with Crippen molar-refractivity contribution in [3.05, 3.63) is 18.3 Å². The molecule has 0 saturated carbocycles. The lowest BCUT2D eigenvalue weighted by atomic mass is 10.1. The molecule has 24 heavy (non-hydrogen) atoms. The number of methoxy groups -OCH3 is 2. The first-order valence-corrected chi connectivity index (χ1v) is 8.39. The van der Waals surface area contributed by atoms with Crippen LogP contribution < -0.4 is 9.64 Å². The highest BCUT2D eigenvalue weighted by Crippen LogP contribution is 2.22. The third-order valence-corrected chi connectivity index (χ3v) is 5.00. The van der Waals surface area contributed by atoms with Crippen molar-refractivity contribution in [2.24, 2.45) is 0 Å². The Bertz CT molecular complexity index is 575. The second kappa shape index (κ2) is 7.36. The molecule has 0 N–H and O–H groups in total. The number of carbonyl (C=O) groups excluding carboxylic acids is 1. The molecular formula is C17H26N4O3. The maximum atomic E-state index is 12.8.